The van der Waals surface area contributed by atoms with E-state index in [0.29, 0.717) is 6.04 Å². The Labute approximate surface area is 85.7 Å². The molecule has 0 aliphatic heterocycles. The Kier molecular flexibility index (Phi) is 2.71. The highest BCUT2D eigenvalue weighted by Gasteiger charge is 2.23. The molecule has 1 fully saturated rings. The molecule has 1 saturated carbocycles. The Balaban J connectivity index is 2.03. The number of nitrogens with one attached hydrogen (secondary N) is 1. The van der Waals surface area contributed by atoms with E-state index in [0.717, 1.165) is 11.7 Å². The first-order chi connectivity index (χ1) is 6.75. The summed E-state index contributed by atoms with van der Waals surface area (Å²) < 4.78 is 0. The van der Waals surface area contributed by atoms with Crippen molar-refractivity contribution in [2.75, 3.05) is 5.32 Å². The van der Waals surface area contributed by atoms with Crippen LogP contribution in [0, 0.1) is 12.8 Å². The van der Waals surface area contributed by atoms with Crippen molar-refractivity contribution in [3.63, 3.8) is 0 Å². The van der Waals surface area contributed by atoms with Crippen LogP contribution >= 0.6 is 0 Å². The van der Waals surface area contributed by atoms with Gasteiger partial charge in [0.05, 0.1) is 0 Å². The fourth-order valence-corrected chi connectivity index (χ4v) is 2.16. The van der Waals surface area contributed by atoms with Gasteiger partial charge in [-0.25, -0.2) is 4.98 Å². The first kappa shape index (κ1) is 9.50. The Hall–Kier alpha value is -1.05. The molecule has 1 aliphatic rings. The fourth-order valence-electron chi connectivity index (χ4n) is 2.16. The highest BCUT2D eigenvalue weighted by molar-refractivity contribution is 5.38. The third-order valence-corrected chi connectivity index (χ3v) is 3.11. The highest BCUT2D eigenvalue weighted by atomic mass is 15.0. The lowest BCUT2D eigenvalue weighted by molar-refractivity contribution is 0.555. The van der Waals surface area contributed by atoms with E-state index < -0.39 is 0 Å². The van der Waals surface area contributed by atoms with E-state index in [1.54, 1.807) is 0 Å². The van der Waals surface area contributed by atoms with Crippen molar-refractivity contribution in [3.8, 4) is 0 Å². The summed E-state index contributed by atoms with van der Waals surface area (Å²) in [6.07, 6.45) is 5.86. The summed E-state index contributed by atoms with van der Waals surface area (Å²) in [4.78, 5) is 4.33. The highest BCUT2D eigenvalue weighted by Crippen LogP contribution is 2.27. The lowest BCUT2D eigenvalue weighted by Gasteiger charge is -2.17. The van der Waals surface area contributed by atoms with Crippen LogP contribution in [0.3, 0.4) is 0 Å². The molecule has 2 heteroatoms. The average molecular weight is 190 g/mol. The number of hydrogen-bond donors (Lipinski definition) is 1. The van der Waals surface area contributed by atoms with Crippen LogP contribution in [0.2, 0.25) is 0 Å². The summed E-state index contributed by atoms with van der Waals surface area (Å²) in [7, 11) is 0. The van der Waals surface area contributed by atoms with E-state index >= 15 is 0 Å². The summed E-state index contributed by atoms with van der Waals surface area (Å²) >= 11 is 0. The van der Waals surface area contributed by atoms with Crippen molar-refractivity contribution >= 4 is 5.82 Å². The zero-order valence-corrected chi connectivity index (χ0v) is 8.96. The molecule has 1 aromatic rings. The monoisotopic (exact) mass is 190 g/mol. The molecule has 2 nitrogen and oxygen atoms in total. The van der Waals surface area contributed by atoms with Gasteiger partial charge < -0.3 is 5.32 Å². The van der Waals surface area contributed by atoms with Gasteiger partial charge in [0, 0.05) is 12.2 Å². The minimum Gasteiger partial charge on any atom is -0.367 e. The number of aromatic nitrogens is 1. The predicted molar refractivity (Wildman–Crippen MR) is 59.4 cm³/mol. The van der Waals surface area contributed by atoms with E-state index in [4.69, 9.17) is 0 Å². The molecule has 1 heterocycles. The lowest BCUT2D eigenvalue weighted by atomic mass is 10.1. The first-order valence-corrected chi connectivity index (χ1v) is 5.45. The third-order valence-electron chi connectivity index (χ3n) is 3.11. The molecule has 0 radical (unpaired) electrons. The molecule has 0 saturated heterocycles. The van der Waals surface area contributed by atoms with Crippen molar-refractivity contribution in [1.82, 2.24) is 4.98 Å². The number of anilines is 1. The second-order valence-corrected chi connectivity index (χ2v) is 4.38. The van der Waals surface area contributed by atoms with Crippen molar-refractivity contribution in [3.05, 3.63) is 23.9 Å². The molecule has 1 N–H and O–H groups in total. The van der Waals surface area contributed by atoms with Crippen molar-refractivity contribution < 1.29 is 0 Å². The van der Waals surface area contributed by atoms with E-state index in [1.165, 1.54) is 24.8 Å². The van der Waals surface area contributed by atoms with Gasteiger partial charge in [-0.2, -0.15) is 0 Å². The van der Waals surface area contributed by atoms with Crippen LogP contribution in [0.4, 0.5) is 5.82 Å². The number of pyridine rings is 1. The maximum absolute atomic E-state index is 4.33. The number of nitrogens with zero attached hydrogens (tertiary/aromatic N) is 1. The van der Waals surface area contributed by atoms with Gasteiger partial charge in [-0.1, -0.05) is 13.3 Å². The van der Waals surface area contributed by atoms with E-state index in [-0.39, 0.29) is 0 Å². The van der Waals surface area contributed by atoms with Gasteiger partial charge in [0.1, 0.15) is 5.82 Å². The van der Waals surface area contributed by atoms with E-state index in [1.807, 2.05) is 12.3 Å². The standard InChI is InChI=1S/C12H18N2/c1-9-6-7-13-12(8-9)14-11-5-3-4-10(11)2/h6-8,10-11H,3-5H2,1-2H3,(H,13,14). The zero-order valence-electron chi connectivity index (χ0n) is 8.96. The SMILES string of the molecule is Cc1ccnc(NC2CCCC2C)c1. The Morgan fingerprint density at radius 3 is 2.93 bits per heavy atom. The van der Waals surface area contributed by atoms with Crippen LogP contribution in [0.25, 0.3) is 0 Å². The quantitative estimate of drug-likeness (QED) is 0.775. The smallest absolute Gasteiger partial charge is 0.126 e. The maximum Gasteiger partial charge on any atom is 0.126 e. The summed E-state index contributed by atoms with van der Waals surface area (Å²) in [5.74, 6) is 1.82. The first-order valence-electron chi connectivity index (χ1n) is 5.45. The fraction of sp³-hybridized carbons (Fsp3) is 0.583. The molecule has 2 atom stereocenters. The van der Waals surface area contributed by atoms with Gasteiger partial charge in [-0.05, 0) is 43.4 Å². The van der Waals surface area contributed by atoms with Crippen LogP contribution in [0.1, 0.15) is 31.7 Å². The Morgan fingerprint density at radius 1 is 1.43 bits per heavy atom. The summed E-state index contributed by atoms with van der Waals surface area (Å²) in [5, 5.41) is 3.52. The molecule has 2 unspecified atom stereocenters. The molecule has 0 amide bonds. The lowest BCUT2D eigenvalue weighted by Crippen LogP contribution is -2.22. The van der Waals surface area contributed by atoms with Crippen LogP contribution < -0.4 is 5.32 Å². The van der Waals surface area contributed by atoms with Crippen LogP contribution in [0.5, 0.6) is 0 Å². The van der Waals surface area contributed by atoms with Gasteiger partial charge in [-0.3, -0.25) is 0 Å². The van der Waals surface area contributed by atoms with Gasteiger partial charge in [0.15, 0.2) is 0 Å². The van der Waals surface area contributed by atoms with E-state index in [9.17, 15) is 0 Å². The van der Waals surface area contributed by atoms with Gasteiger partial charge in [0.25, 0.3) is 0 Å². The Morgan fingerprint density at radius 2 is 2.29 bits per heavy atom. The maximum atomic E-state index is 4.33. The molecular weight excluding hydrogens is 172 g/mol. The average Bonchev–Trinajstić information content (AvgIpc) is 2.52. The summed E-state index contributed by atoms with van der Waals surface area (Å²) in [6.45, 7) is 4.42. The minimum atomic E-state index is 0.629. The Bertz CT molecular complexity index is 309. The van der Waals surface area contributed by atoms with E-state index in [2.05, 4.69) is 30.2 Å². The molecule has 76 valence electrons. The normalized spacial score (nSPS) is 26.4. The predicted octanol–water partition coefficient (Wildman–Crippen LogP) is 2.99. The van der Waals surface area contributed by atoms with Crippen LogP contribution in [-0.2, 0) is 0 Å². The van der Waals surface area contributed by atoms with Crippen molar-refractivity contribution in [2.24, 2.45) is 5.92 Å². The summed E-state index contributed by atoms with van der Waals surface area (Å²) in [6, 6.07) is 4.78. The zero-order chi connectivity index (χ0) is 9.97. The topological polar surface area (TPSA) is 24.9 Å². The molecule has 0 spiro atoms. The van der Waals surface area contributed by atoms with Crippen molar-refractivity contribution in [2.45, 2.75) is 39.2 Å². The second-order valence-electron chi connectivity index (χ2n) is 4.38. The number of rotatable bonds is 2. The third kappa shape index (κ3) is 2.06. The van der Waals surface area contributed by atoms with Gasteiger partial charge in [0.2, 0.25) is 0 Å². The molecule has 14 heavy (non-hydrogen) atoms. The molecule has 1 aliphatic carbocycles. The summed E-state index contributed by atoms with van der Waals surface area (Å²) in [5.41, 5.74) is 1.27. The second kappa shape index (κ2) is 3.99. The molecule has 0 bridgehead atoms. The number of aryl methyl sites for hydroxylation is 1. The molecule has 2 rings (SSSR count). The number of hydrogen-bond acceptors (Lipinski definition) is 2. The van der Waals surface area contributed by atoms with Crippen LogP contribution in [0.15, 0.2) is 18.3 Å². The van der Waals surface area contributed by atoms with Gasteiger partial charge in [-0.15, -0.1) is 0 Å². The molecular formula is C12H18N2. The molecule has 1 aromatic heterocycles. The van der Waals surface area contributed by atoms with Crippen LogP contribution in [-0.4, -0.2) is 11.0 Å². The van der Waals surface area contributed by atoms with Gasteiger partial charge >= 0.3 is 0 Å². The molecule has 0 aromatic carbocycles. The van der Waals surface area contributed by atoms with Crippen molar-refractivity contribution in [1.29, 1.82) is 0 Å². The minimum absolute atomic E-state index is 0.629. The largest absolute Gasteiger partial charge is 0.367 e.